The second-order valence-corrected chi connectivity index (χ2v) is 8.69. The lowest BCUT2D eigenvalue weighted by Gasteiger charge is -2.28. The molecule has 1 atom stereocenters. The minimum atomic E-state index is -0.537. The zero-order valence-electron chi connectivity index (χ0n) is 19.7. The summed E-state index contributed by atoms with van der Waals surface area (Å²) in [6.45, 7) is 10.4. The molecule has 1 amide bonds. The maximum atomic E-state index is 13.5. The highest BCUT2D eigenvalue weighted by Crippen LogP contribution is 2.12. The largest absolute Gasteiger partial charge is 0.444 e. The van der Waals surface area contributed by atoms with Crippen LogP contribution < -0.4 is 10.6 Å². The van der Waals surface area contributed by atoms with Gasteiger partial charge in [0.15, 0.2) is 5.96 Å². The number of ether oxygens (including phenoxy) is 1. The summed E-state index contributed by atoms with van der Waals surface area (Å²) in [5.41, 5.74) is 0.581. The third kappa shape index (κ3) is 11.0. The Kier molecular flexibility index (Phi) is 13.0. The van der Waals surface area contributed by atoms with E-state index in [0.717, 1.165) is 12.0 Å². The molecular weight excluding hydrogens is 514 g/mol. The van der Waals surface area contributed by atoms with Crippen molar-refractivity contribution in [2.24, 2.45) is 10.9 Å². The number of carbonyl (C=O) groups is 1. The fourth-order valence-corrected chi connectivity index (χ4v) is 2.89. The number of amides is 1. The van der Waals surface area contributed by atoms with Gasteiger partial charge < -0.3 is 25.4 Å². The molecule has 1 aromatic carbocycles. The summed E-state index contributed by atoms with van der Waals surface area (Å²) in [5, 5.41) is 15.4. The van der Waals surface area contributed by atoms with Crippen LogP contribution in [0.2, 0.25) is 0 Å². The monoisotopic (exact) mass is 552 g/mol. The highest BCUT2D eigenvalue weighted by atomic mass is 127. The Labute approximate surface area is 202 Å². The van der Waals surface area contributed by atoms with Crippen molar-refractivity contribution >= 4 is 36.0 Å². The zero-order chi connectivity index (χ0) is 22.9. The first-order valence-corrected chi connectivity index (χ1v) is 10.3. The number of guanidine groups is 1. The molecule has 1 rings (SSSR count). The van der Waals surface area contributed by atoms with Crippen molar-refractivity contribution in [3.63, 3.8) is 0 Å². The van der Waals surface area contributed by atoms with Crippen molar-refractivity contribution in [1.82, 2.24) is 15.5 Å². The van der Waals surface area contributed by atoms with Crippen molar-refractivity contribution in [2.75, 3.05) is 20.6 Å². The summed E-state index contributed by atoms with van der Waals surface area (Å²) in [5.74, 6) is 0.515. The smallest absolute Gasteiger partial charge is 0.407 e. The number of aliphatic hydroxyl groups excluding tert-OH is 1. The van der Waals surface area contributed by atoms with E-state index in [1.54, 1.807) is 19.2 Å². The number of aliphatic imine (C=N–C) groups is 1. The number of hydrogen-bond donors (Lipinski definition) is 3. The predicted molar refractivity (Wildman–Crippen MR) is 133 cm³/mol. The summed E-state index contributed by atoms with van der Waals surface area (Å²) in [6.07, 6.45) is 0.307. The molecule has 1 aromatic rings. The quantitative estimate of drug-likeness (QED) is 0.259. The van der Waals surface area contributed by atoms with Gasteiger partial charge in [-0.1, -0.05) is 19.9 Å². The predicted octanol–water partition coefficient (Wildman–Crippen LogP) is 3.88. The van der Waals surface area contributed by atoms with Gasteiger partial charge in [0.2, 0.25) is 0 Å². The summed E-state index contributed by atoms with van der Waals surface area (Å²) in [4.78, 5) is 18.4. The van der Waals surface area contributed by atoms with Gasteiger partial charge in [0.25, 0.3) is 0 Å². The van der Waals surface area contributed by atoms with E-state index < -0.39 is 17.5 Å². The summed E-state index contributed by atoms with van der Waals surface area (Å²) in [6, 6.07) is 4.62. The van der Waals surface area contributed by atoms with E-state index in [4.69, 9.17) is 4.74 Å². The lowest BCUT2D eigenvalue weighted by atomic mass is 10.0. The standard InChI is InChI=1S/C22H37FN4O3.HI/c1-15(2)19(26-21(29)30-22(3,4)5)10-11-27(7)20(24-6)25-13-16-8-9-18(23)17(12-16)14-28;/h8-9,12,15,19,28H,10-11,13-14H2,1-7H3,(H,24,25)(H,26,29);1H. The van der Waals surface area contributed by atoms with E-state index >= 15 is 0 Å². The highest BCUT2D eigenvalue weighted by molar-refractivity contribution is 14.0. The SMILES string of the molecule is CN=C(NCc1ccc(F)c(CO)c1)N(C)CCC(NC(=O)OC(C)(C)C)C(C)C.I. The third-order valence-corrected chi connectivity index (χ3v) is 4.59. The van der Waals surface area contributed by atoms with Crippen molar-refractivity contribution in [2.45, 2.75) is 65.8 Å². The fraction of sp³-hybridized carbons (Fsp3) is 0.636. The molecule has 0 saturated carbocycles. The van der Waals surface area contributed by atoms with Gasteiger partial charge in [0, 0.05) is 38.8 Å². The summed E-state index contributed by atoms with van der Waals surface area (Å²) < 4.78 is 18.9. The lowest BCUT2D eigenvalue weighted by molar-refractivity contribution is 0.0485. The van der Waals surface area contributed by atoms with Crippen molar-refractivity contribution < 1.29 is 19.0 Å². The van der Waals surface area contributed by atoms with Crippen LogP contribution in [-0.2, 0) is 17.9 Å². The Balaban J connectivity index is 0.00000900. The first-order valence-electron chi connectivity index (χ1n) is 10.3. The third-order valence-electron chi connectivity index (χ3n) is 4.59. The number of halogens is 2. The Morgan fingerprint density at radius 3 is 2.48 bits per heavy atom. The molecule has 0 aliphatic rings. The van der Waals surface area contributed by atoms with E-state index in [0.29, 0.717) is 19.0 Å². The minimum Gasteiger partial charge on any atom is -0.444 e. The van der Waals surface area contributed by atoms with Crippen LogP contribution >= 0.6 is 24.0 Å². The maximum absolute atomic E-state index is 13.5. The Morgan fingerprint density at radius 1 is 1.32 bits per heavy atom. The topological polar surface area (TPSA) is 86.2 Å². The Hall–Kier alpha value is -1.62. The fourth-order valence-electron chi connectivity index (χ4n) is 2.89. The van der Waals surface area contributed by atoms with Crippen LogP contribution in [0.15, 0.2) is 23.2 Å². The molecule has 0 saturated heterocycles. The van der Waals surface area contributed by atoms with Crippen LogP contribution in [0.3, 0.4) is 0 Å². The van der Waals surface area contributed by atoms with E-state index in [-0.39, 0.29) is 48.1 Å². The Morgan fingerprint density at radius 2 is 1.97 bits per heavy atom. The van der Waals surface area contributed by atoms with E-state index in [1.165, 1.54) is 6.07 Å². The number of nitrogens with zero attached hydrogens (tertiary/aromatic N) is 2. The van der Waals surface area contributed by atoms with Crippen LogP contribution in [0.1, 0.15) is 52.2 Å². The van der Waals surface area contributed by atoms with Gasteiger partial charge in [-0.15, -0.1) is 24.0 Å². The minimum absolute atomic E-state index is 0. The average molecular weight is 552 g/mol. The molecule has 178 valence electrons. The van der Waals surface area contributed by atoms with E-state index in [9.17, 15) is 14.3 Å². The van der Waals surface area contributed by atoms with Gasteiger partial charge in [-0.2, -0.15) is 0 Å². The normalized spacial score (nSPS) is 12.8. The van der Waals surface area contributed by atoms with Gasteiger partial charge in [0.05, 0.1) is 6.61 Å². The average Bonchev–Trinajstić information content (AvgIpc) is 2.65. The number of nitrogens with one attached hydrogen (secondary N) is 2. The van der Waals surface area contributed by atoms with E-state index in [2.05, 4.69) is 29.5 Å². The van der Waals surface area contributed by atoms with Gasteiger partial charge >= 0.3 is 6.09 Å². The number of rotatable bonds is 8. The van der Waals surface area contributed by atoms with Crippen LogP contribution in [-0.4, -0.2) is 54.3 Å². The molecule has 7 nitrogen and oxygen atoms in total. The van der Waals surface area contributed by atoms with Gasteiger partial charge in [-0.25, -0.2) is 9.18 Å². The van der Waals surface area contributed by atoms with Crippen molar-refractivity contribution in [3.05, 3.63) is 35.1 Å². The molecule has 3 N–H and O–H groups in total. The molecule has 9 heteroatoms. The highest BCUT2D eigenvalue weighted by Gasteiger charge is 2.22. The number of carbonyl (C=O) groups excluding carboxylic acids is 1. The summed E-state index contributed by atoms with van der Waals surface area (Å²) >= 11 is 0. The summed E-state index contributed by atoms with van der Waals surface area (Å²) in [7, 11) is 3.62. The Bertz CT molecular complexity index is 723. The van der Waals surface area contributed by atoms with Gasteiger partial charge in [0.1, 0.15) is 11.4 Å². The van der Waals surface area contributed by atoms with Crippen LogP contribution in [0.25, 0.3) is 0 Å². The molecule has 0 bridgehead atoms. The van der Waals surface area contributed by atoms with Gasteiger partial charge in [-0.3, -0.25) is 4.99 Å². The number of hydrogen-bond acceptors (Lipinski definition) is 4. The molecule has 0 aromatic heterocycles. The first kappa shape index (κ1) is 29.4. The molecular formula is C22H38FIN4O3. The van der Waals surface area contributed by atoms with Crippen molar-refractivity contribution in [3.8, 4) is 0 Å². The molecule has 0 radical (unpaired) electrons. The number of alkyl carbamates (subject to hydrolysis) is 1. The van der Waals surface area contributed by atoms with Crippen LogP contribution in [0.4, 0.5) is 9.18 Å². The first-order chi connectivity index (χ1) is 14.0. The number of aliphatic hydroxyl groups is 1. The van der Waals surface area contributed by atoms with Gasteiger partial charge in [-0.05, 0) is 50.8 Å². The van der Waals surface area contributed by atoms with Crippen molar-refractivity contribution in [1.29, 1.82) is 0 Å². The number of benzene rings is 1. The molecule has 0 heterocycles. The molecule has 0 aliphatic heterocycles. The van der Waals surface area contributed by atoms with E-state index in [1.807, 2.05) is 32.7 Å². The molecule has 1 unspecified atom stereocenters. The second-order valence-electron chi connectivity index (χ2n) is 8.69. The molecule has 31 heavy (non-hydrogen) atoms. The lowest BCUT2D eigenvalue weighted by Crippen LogP contribution is -2.45. The molecule has 0 spiro atoms. The van der Waals surface area contributed by atoms with Crippen LogP contribution in [0.5, 0.6) is 0 Å². The zero-order valence-corrected chi connectivity index (χ0v) is 22.0. The molecule has 0 fully saturated rings. The van der Waals surface area contributed by atoms with Crippen LogP contribution in [0, 0.1) is 11.7 Å². The molecule has 0 aliphatic carbocycles. The second kappa shape index (κ2) is 13.7. The maximum Gasteiger partial charge on any atom is 0.407 e.